The maximum atomic E-state index is 12.6. The number of fused-ring (bicyclic) bond motifs is 1. The van der Waals surface area contributed by atoms with Crippen molar-refractivity contribution in [1.29, 1.82) is 0 Å². The van der Waals surface area contributed by atoms with Crippen molar-refractivity contribution in [2.45, 2.75) is 13.5 Å². The van der Waals surface area contributed by atoms with Crippen molar-refractivity contribution in [3.63, 3.8) is 0 Å². The third-order valence-electron chi connectivity index (χ3n) is 4.84. The van der Waals surface area contributed by atoms with Crippen LogP contribution in [0, 0.1) is 18.8 Å². The van der Waals surface area contributed by atoms with Crippen LogP contribution in [0.2, 0.25) is 0 Å². The molecule has 0 unspecified atom stereocenters. The van der Waals surface area contributed by atoms with Crippen molar-refractivity contribution >= 4 is 11.8 Å². The summed E-state index contributed by atoms with van der Waals surface area (Å²) in [5.74, 6) is 1.73. The molecule has 1 aromatic heterocycles. The molecule has 0 bridgehead atoms. The van der Waals surface area contributed by atoms with E-state index in [9.17, 15) is 4.79 Å². The average molecular weight is 326 g/mol. The van der Waals surface area contributed by atoms with Crippen molar-refractivity contribution in [2.24, 2.45) is 11.8 Å². The summed E-state index contributed by atoms with van der Waals surface area (Å²) in [6.45, 7) is 5.70. The molecule has 2 atom stereocenters. The summed E-state index contributed by atoms with van der Waals surface area (Å²) in [6, 6.07) is 12.0. The Morgan fingerprint density at radius 1 is 1.25 bits per heavy atom. The lowest BCUT2D eigenvalue weighted by molar-refractivity contribution is 0.158. The van der Waals surface area contributed by atoms with Gasteiger partial charge in [0.2, 0.25) is 0 Å². The molecule has 0 saturated carbocycles. The molecule has 2 aliphatic rings. The van der Waals surface area contributed by atoms with E-state index in [-0.39, 0.29) is 6.03 Å². The number of amides is 2. The minimum absolute atomic E-state index is 0.0430. The molecule has 2 amide bonds. The lowest BCUT2D eigenvalue weighted by Gasteiger charge is -2.18. The Hall–Kier alpha value is -2.34. The first-order chi connectivity index (χ1) is 11.7. The second-order valence-electron chi connectivity index (χ2n) is 6.71. The van der Waals surface area contributed by atoms with E-state index >= 15 is 0 Å². The van der Waals surface area contributed by atoms with E-state index in [2.05, 4.69) is 22.5 Å². The predicted octanol–water partition coefficient (Wildman–Crippen LogP) is 2.35. The summed E-state index contributed by atoms with van der Waals surface area (Å²) in [7, 11) is 0. The molecule has 1 N–H and O–H groups in total. The number of carbonyl (C=O) groups is 1. The van der Waals surface area contributed by atoms with Crippen molar-refractivity contribution in [2.75, 3.05) is 31.6 Å². The zero-order valence-electron chi connectivity index (χ0n) is 13.8. The minimum atomic E-state index is -0.0430. The molecule has 24 heavy (non-hydrogen) atoms. The molecule has 0 aliphatic carbocycles. The highest BCUT2D eigenvalue weighted by Crippen LogP contribution is 2.29. The van der Waals surface area contributed by atoms with E-state index in [1.807, 2.05) is 40.8 Å². The van der Waals surface area contributed by atoms with Gasteiger partial charge >= 0.3 is 6.03 Å². The number of rotatable bonds is 3. The van der Waals surface area contributed by atoms with Crippen LogP contribution in [-0.2, 0) is 11.3 Å². The fourth-order valence-corrected chi connectivity index (χ4v) is 3.56. The fraction of sp³-hybridized carbons (Fsp3) is 0.444. The summed E-state index contributed by atoms with van der Waals surface area (Å²) in [4.78, 5) is 14.5. The molecule has 2 saturated heterocycles. The number of benzene rings is 1. The predicted molar refractivity (Wildman–Crippen MR) is 90.9 cm³/mol. The quantitative estimate of drug-likeness (QED) is 0.942. The number of hydrogen-bond acceptors (Lipinski definition) is 3. The first-order valence-electron chi connectivity index (χ1n) is 8.41. The maximum Gasteiger partial charge on any atom is 0.323 e. The minimum Gasteiger partial charge on any atom is -0.381 e. The van der Waals surface area contributed by atoms with Crippen LogP contribution in [0.15, 0.2) is 36.4 Å². The highest BCUT2D eigenvalue weighted by atomic mass is 16.5. The number of hydrogen-bond donors (Lipinski definition) is 1. The van der Waals surface area contributed by atoms with Crippen molar-refractivity contribution in [3.8, 4) is 0 Å². The lowest BCUT2D eigenvalue weighted by atomic mass is 10.0. The zero-order valence-corrected chi connectivity index (χ0v) is 13.8. The lowest BCUT2D eigenvalue weighted by Crippen LogP contribution is -2.34. The SMILES string of the molecule is Cc1cc(NC(=O)N2C[C@H]3COC[C@H]3C2)n(Cc2ccccc2)n1. The van der Waals surface area contributed by atoms with Gasteiger partial charge in [-0.1, -0.05) is 30.3 Å². The zero-order chi connectivity index (χ0) is 16.5. The molecule has 1 aromatic carbocycles. The van der Waals surface area contributed by atoms with Gasteiger partial charge < -0.3 is 9.64 Å². The smallest absolute Gasteiger partial charge is 0.323 e. The Kier molecular flexibility index (Phi) is 3.98. The number of ether oxygens (including phenoxy) is 1. The Morgan fingerprint density at radius 2 is 1.96 bits per heavy atom. The molecule has 6 heteroatoms. The van der Waals surface area contributed by atoms with Crippen LogP contribution in [0.3, 0.4) is 0 Å². The van der Waals surface area contributed by atoms with Gasteiger partial charge in [0.15, 0.2) is 0 Å². The molecule has 126 valence electrons. The van der Waals surface area contributed by atoms with Gasteiger partial charge in [-0.25, -0.2) is 9.48 Å². The van der Waals surface area contributed by atoms with Gasteiger partial charge in [0, 0.05) is 31.0 Å². The van der Waals surface area contributed by atoms with Gasteiger partial charge in [-0.05, 0) is 12.5 Å². The van der Waals surface area contributed by atoms with E-state index in [4.69, 9.17) is 4.74 Å². The first-order valence-corrected chi connectivity index (χ1v) is 8.41. The van der Waals surface area contributed by atoms with Gasteiger partial charge in [-0.15, -0.1) is 0 Å². The van der Waals surface area contributed by atoms with Crippen LogP contribution < -0.4 is 5.32 Å². The van der Waals surface area contributed by atoms with Crippen LogP contribution >= 0.6 is 0 Å². The Bertz CT molecular complexity index is 716. The number of aromatic nitrogens is 2. The average Bonchev–Trinajstić information content (AvgIpc) is 3.23. The third-order valence-corrected chi connectivity index (χ3v) is 4.84. The van der Waals surface area contributed by atoms with E-state index in [0.717, 1.165) is 43.4 Å². The number of urea groups is 1. The molecule has 3 heterocycles. The van der Waals surface area contributed by atoms with Crippen LogP contribution in [-0.4, -0.2) is 47.0 Å². The molecule has 0 spiro atoms. The van der Waals surface area contributed by atoms with Crippen LogP contribution in [0.1, 0.15) is 11.3 Å². The van der Waals surface area contributed by atoms with E-state index < -0.39 is 0 Å². The van der Waals surface area contributed by atoms with Gasteiger partial charge in [-0.3, -0.25) is 5.32 Å². The van der Waals surface area contributed by atoms with Crippen molar-refractivity contribution in [1.82, 2.24) is 14.7 Å². The molecular weight excluding hydrogens is 304 g/mol. The highest BCUT2D eigenvalue weighted by molar-refractivity contribution is 5.88. The number of anilines is 1. The van der Waals surface area contributed by atoms with Crippen molar-refractivity contribution in [3.05, 3.63) is 47.7 Å². The molecular formula is C18H22N4O2. The number of aryl methyl sites for hydroxylation is 1. The van der Waals surface area contributed by atoms with E-state index in [1.165, 1.54) is 0 Å². The van der Waals surface area contributed by atoms with E-state index in [0.29, 0.717) is 18.4 Å². The molecule has 2 aliphatic heterocycles. The molecule has 2 aromatic rings. The number of likely N-dealkylation sites (tertiary alicyclic amines) is 1. The summed E-state index contributed by atoms with van der Waals surface area (Å²) in [5.41, 5.74) is 2.05. The largest absolute Gasteiger partial charge is 0.381 e. The van der Waals surface area contributed by atoms with Crippen molar-refractivity contribution < 1.29 is 9.53 Å². The highest BCUT2D eigenvalue weighted by Gasteiger charge is 2.39. The molecule has 4 rings (SSSR count). The molecule has 6 nitrogen and oxygen atoms in total. The topological polar surface area (TPSA) is 59.4 Å². The van der Waals surface area contributed by atoms with E-state index in [1.54, 1.807) is 0 Å². The van der Waals surface area contributed by atoms with Gasteiger partial charge in [0.1, 0.15) is 5.82 Å². The standard InChI is InChI=1S/C18H22N4O2/c1-13-7-17(22(20-13)8-14-5-3-2-4-6-14)19-18(23)21-9-15-11-24-12-16(15)10-21/h2-7,15-16H,8-12H2,1H3,(H,19,23)/t15-,16+. The maximum absolute atomic E-state index is 12.6. The Balaban J connectivity index is 1.45. The van der Waals surface area contributed by atoms with Gasteiger partial charge in [-0.2, -0.15) is 5.10 Å². The first kappa shape index (κ1) is 15.2. The third kappa shape index (κ3) is 3.01. The summed E-state index contributed by atoms with van der Waals surface area (Å²) < 4.78 is 7.32. The monoisotopic (exact) mass is 326 g/mol. The second-order valence-corrected chi connectivity index (χ2v) is 6.71. The summed E-state index contributed by atoms with van der Waals surface area (Å²) in [5, 5.41) is 7.54. The normalized spacial score (nSPS) is 22.6. The second kappa shape index (κ2) is 6.28. The Morgan fingerprint density at radius 3 is 2.67 bits per heavy atom. The fourth-order valence-electron chi connectivity index (χ4n) is 3.56. The summed E-state index contributed by atoms with van der Waals surface area (Å²) in [6.07, 6.45) is 0. The number of carbonyl (C=O) groups excluding carboxylic acids is 1. The van der Waals surface area contributed by atoms with Gasteiger partial charge in [0.25, 0.3) is 0 Å². The molecule has 2 fully saturated rings. The Labute approximate surface area is 141 Å². The van der Waals surface area contributed by atoms with Crippen LogP contribution in [0.5, 0.6) is 0 Å². The molecule has 0 radical (unpaired) electrons. The van der Waals surface area contributed by atoms with Crippen LogP contribution in [0.25, 0.3) is 0 Å². The number of nitrogens with zero attached hydrogens (tertiary/aromatic N) is 3. The summed E-state index contributed by atoms with van der Waals surface area (Å²) >= 11 is 0. The number of nitrogens with one attached hydrogen (secondary N) is 1. The van der Waals surface area contributed by atoms with Crippen LogP contribution in [0.4, 0.5) is 10.6 Å². The van der Waals surface area contributed by atoms with Gasteiger partial charge in [0.05, 0.1) is 25.5 Å².